The van der Waals surface area contributed by atoms with Crippen LogP contribution in [0.4, 0.5) is 0 Å². The Morgan fingerprint density at radius 1 is 1.60 bits per heavy atom. The van der Waals surface area contributed by atoms with Crippen molar-refractivity contribution in [3.8, 4) is 0 Å². The van der Waals surface area contributed by atoms with Gasteiger partial charge in [0.2, 0.25) is 5.39 Å². The second-order valence-electron chi connectivity index (χ2n) is 2.52. The van der Waals surface area contributed by atoms with Crippen LogP contribution < -0.4 is 5.73 Å². The minimum atomic E-state index is -0.908. The van der Waals surface area contributed by atoms with Gasteiger partial charge in [-0.25, -0.2) is 5.73 Å². The Bertz CT molecular complexity index is 223. The first kappa shape index (κ1) is 6.97. The Morgan fingerprint density at radius 3 is 2.70 bits per heavy atom. The van der Waals surface area contributed by atoms with Crippen LogP contribution in [0.15, 0.2) is 24.3 Å². The van der Waals surface area contributed by atoms with Crippen molar-refractivity contribution in [1.29, 1.82) is 5.39 Å². The summed E-state index contributed by atoms with van der Waals surface area (Å²) in [4.78, 5) is 3.10. The van der Waals surface area contributed by atoms with Crippen molar-refractivity contribution >= 4 is 0 Å². The molecule has 0 fully saturated rings. The fraction of sp³-hybridized carbons (Fsp3) is 0.429. The summed E-state index contributed by atoms with van der Waals surface area (Å²) in [6.07, 6.45) is 7.25. The van der Waals surface area contributed by atoms with E-state index in [4.69, 9.17) is 11.1 Å². The standard InChI is InChI=1S/C7H10N3/c1-6-4-2-3-5-7(6,8)10-9/h2-6H,8H2,1H3/q+1. The Hall–Kier alpha value is -1.14. The SMILES string of the molecule is CC1C=CC=CC1(N)[N+]#N. The molecule has 0 aromatic rings. The molecule has 0 saturated carbocycles. The highest BCUT2D eigenvalue weighted by Crippen LogP contribution is 2.22. The van der Waals surface area contributed by atoms with E-state index in [2.05, 4.69) is 4.98 Å². The number of hydrogen-bond donors (Lipinski definition) is 1. The molecule has 0 spiro atoms. The van der Waals surface area contributed by atoms with Crippen LogP contribution in [-0.2, 0) is 0 Å². The summed E-state index contributed by atoms with van der Waals surface area (Å²) in [6.45, 7) is 1.90. The molecule has 10 heavy (non-hydrogen) atoms. The Kier molecular flexibility index (Phi) is 1.56. The molecular weight excluding hydrogens is 126 g/mol. The van der Waals surface area contributed by atoms with Crippen LogP contribution in [0.5, 0.6) is 0 Å². The second kappa shape index (κ2) is 2.24. The summed E-state index contributed by atoms with van der Waals surface area (Å²) in [5, 5.41) is 8.54. The average Bonchev–Trinajstić information content (AvgIpc) is 1.96. The van der Waals surface area contributed by atoms with Crippen molar-refractivity contribution in [1.82, 2.24) is 0 Å². The van der Waals surface area contributed by atoms with Crippen molar-refractivity contribution in [2.45, 2.75) is 12.6 Å². The molecule has 3 nitrogen and oxygen atoms in total. The van der Waals surface area contributed by atoms with E-state index >= 15 is 0 Å². The van der Waals surface area contributed by atoms with Gasteiger partial charge in [0.15, 0.2) is 0 Å². The van der Waals surface area contributed by atoms with Gasteiger partial charge >= 0.3 is 5.66 Å². The molecule has 0 amide bonds. The lowest BCUT2D eigenvalue weighted by molar-refractivity contribution is 0.495. The molecule has 0 heterocycles. The molecule has 0 bridgehead atoms. The van der Waals surface area contributed by atoms with Gasteiger partial charge in [-0.3, -0.25) is 0 Å². The van der Waals surface area contributed by atoms with E-state index in [1.807, 2.05) is 19.1 Å². The van der Waals surface area contributed by atoms with Gasteiger partial charge in [-0.2, -0.15) is 0 Å². The van der Waals surface area contributed by atoms with E-state index in [9.17, 15) is 0 Å². The minimum absolute atomic E-state index is 0.0579. The third kappa shape index (κ3) is 0.937. The minimum Gasteiger partial charge on any atom is -0.247 e. The van der Waals surface area contributed by atoms with Gasteiger partial charge in [0, 0.05) is 6.08 Å². The van der Waals surface area contributed by atoms with Crippen molar-refractivity contribution < 1.29 is 0 Å². The predicted molar refractivity (Wildman–Crippen MR) is 39.4 cm³/mol. The maximum Gasteiger partial charge on any atom is 0.399 e. The summed E-state index contributed by atoms with van der Waals surface area (Å²) in [5.41, 5.74) is 4.74. The van der Waals surface area contributed by atoms with E-state index in [0.29, 0.717) is 0 Å². The third-order valence-corrected chi connectivity index (χ3v) is 1.78. The summed E-state index contributed by atoms with van der Waals surface area (Å²) in [7, 11) is 0. The number of allylic oxidation sites excluding steroid dienone is 2. The van der Waals surface area contributed by atoms with Crippen molar-refractivity contribution in [3.63, 3.8) is 0 Å². The number of diazo groups is 1. The predicted octanol–water partition coefficient (Wildman–Crippen LogP) is 1.26. The smallest absolute Gasteiger partial charge is 0.247 e. The fourth-order valence-corrected chi connectivity index (χ4v) is 0.871. The van der Waals surface area contributed by atoms with E-state index in [1.165, 1.54) is 0 Å². The molecule has 1 aliphatic rings. The highest BCUT2D eigenvalue weighted by molar-refractivity contribution is 5.25. The fourth-order valence-electron chi connectivity index (χ4n) is 0.871. The molecule has 1 rings (SSSR count). The maximum absolute atomic E-state index is 8.54. The van der Waals surface area contributed by atoms with E-state index < -0.39 is 5.66 Å². The highest BCUT2D eigenvalue weighted by atomic mass is 15.1. The average molecular weight is 136 g/mol. The summed E-state index contributed by atoms with van der Waals surface area (Å²) < 4.78 is 0. The molecule has 0 aromatic heterocycles. The van der Waals surface area contributed by atoms with Crippen LogP contribution in [0.25, 0.3) is 4.98 Å². The zero-order valence-electron chi connectivity index (χ0n) is 5.86. The van der Waals surface area contributed by atoms with Crippen LogP contribution >= 0.6 is 0 Å². The largest absolute Gasteiger partial charge is 0.399 e. The van der Waals surface area contributed by atoms with E-state index in [0.717, 1.165) is 0 Å². The van der Waals surface area contributed by atoms with Gasteiger partial charge in [-0.1, -0.05) is 18.2 Å². The van der Waals surface area contributed by atoms with Crippen LogP contribution in [0.2, 0.25) is 0 Å². The number of rotatable bonds is 0. The molecule has 52 valence electrons. The Morgan fingerprint density at radius 2 is 2.30 bits per heavy atom. The molecule has 0 aromatic carbocycles. The van der Waals surface area contributed by atoms with Crippen LogP contribution in [0.1, 0.15) is 6.92 Å². The first-order valence-corrected chi connectivity index (χ1v) is 3.20. The van der Waals surface area contributed by atoms with Gasteiger partial charge in [0.25, 0.3) is 0 Å². The molecule has 1 aliphatic carbocycles. The zero-order valence-corrected chi connectivity index (χ0v) is 5.86. The van der Waals surface area contributed by atoms with Crippen molar-refractivity contribution in [3.05, 3.63) is 29.3 Å². The Balaban J connectivity index is 2.91. The summed E-state index contributed by atoms with van der Waals surface area (Å²) in [5.74, 6) is 0.0579. The maximum atomic E-state index is 8.54. The van der Waals surface area contributed by atoms with E-state index in [-0.39, 0.29) is 5.92 Å². The third-order valence-electron chi connectivity index (χ3n) is 1.78. The molecule has 2 unspecified atom stereocenters. The number of hydrogen-bond acceptors (Lipinski definition) is 2. The summed E-state index contributed by atoms with van der Waals surface area (Å²) in [6, 6.07) is 0. The van der Waals surface area contributed by atoms with Gasteiger partial charge in [-0.05, 0) is 6.92 Å². The highest BCUT2D eigenvalue weighted by Gasteiger charge is 2.42. The van der Waals surface area contributed by atoms with Gasteiger partial charge in [0.1, 0.15) is 4.98 Å². The van der Waals surface area contributed by atoms with Crippen molar-refractivity contribution in [2.75, 3.05) is 0 Å². The van der Waals surface area contributed by atoms with Crippen molar-refractivity contribution in [2.24, 2.45) is 11.7 Å². The number of nitrogens with two attached hydrogens (primary N) is 1. The van der Waals surface area contributed by atoms with Crippen LogP contribution in [0.3, 0.4) is 0 Å². The van der Waals surface area contributed by atoms with Gasteiger partial charge in [0.05, 0.1) is 5.92 Å². The molecule has 0 aliphatic heterocycles. The molecule has 3 heteroatoms. The molecule has 0 saturated heterocycles. The van der Waals surface area contributed by atoms with E-state index in [1.54, 1.807) is 12.2 Å². The van der Waals surface area contributed by atoms with Crippen LogP contribution in [0, 0.1) is 11.3 Å². The lowest BCUT2D eigenvalue weighted by Gasteiger charge is -2.12. The first-order valence-electron chi connectivity index (χ1n) is 3.20. The molecule has 2 N–H and O–H groups in total. The quantitative estimate of drug-likeness (QED) is 0.509. The normalized spacial score (nSPS) is 37.5. The Labute approximate surface area is 59.8 Å². The van der Waals surface area contributed by atoms with Gasteiger partial charge < -0.3 is 0 Å². The lowest BCUT2D eigenvalue weighted by Crippen LogP contribution is -2.40. The lowest BCUT2D eigenvalue weighted by atomic mass is 9.92. The second-order valence-corrected chi connectivity index (χ2v) is 2.52. The molecule has 0 radical (unpaired) electrons. The first-order chi connectivity index (χ1) is 4.69. The number of nitrogens with zero attached hydrogens (tertiary/aromatic N) is 2. The zero-order chi connectivity index (χ0) is 7.61. The molecular formula is C7H10N3+. The summed E-state index contributed by atoms with van der Waals surface area (Å²) >= 11 is 0. The van der Waals surface area contributed by atoms with Crippen LogP contribution in [-0.4, -0.2) is 5.66 Å². The topological polar surface area (TPSA) is 54.2 Å². The van der Waals surface area contributed by atoms with Gasteiger partial charge in [-0.15, -0.1) is 0 Å². The monoisotopic (exact) mass is 136 g/mol. The molecule has 2 atom stereocenters.